The molecule has 1 aliphatic heterocycles. The molecule has 0 aliphatic carbocycles. The maximum absolute atomic E-state index is 12.6. The zero-order valence-corrected chi connectivity index (χ0v) is 15.1. The van der Waals surface area contributed by atoms with Gasteiger partial charge < -0.3 is 9.80 Å². The summed E-state index contributed by atoms with van der Waals surface area (Å²) in [7, 11) is 0. The molecule has 4 rings (SSSR count). The fraction of sp³-hybridized carbons (Fsp3) is 0.263. The summed E-state index contributed by atoms with van der Waals surface area (Å²) in [6.07, 6.45) is 3.84. The van der Waals surface area contributed by atoms with Crippen molar-refractivity contribution in [2.45, 2.75) is 6.42 Å². The number of amides is 1. The molecule has 0 bridgehead atoms. The van der Waals surface area contributed by atoms with E-state index >= 15 is 0 Å². The lowest BCUT2D eigenvalue weighted by atomic mass is 10.2. The first kappa shape index (κ1) is 16.7. The number of rotatable bonds is 4. The van der Waals surface area contributed by atoms with E-state index in [4.69, 9.17) is 0 Å². The van der Waals surface area contributed by atoms with Gasteiger partial charge in [-0.25, -0.2) is 15.0 Å². The van der Waals surface area contributed by atoms with Crippen molar-refractivity contribution in [1.29, 1.82) is 0 Å². The van der Waals surface area contributed by atoms with Gasteiger partial charge in [-0.2, -0.15) is 0 Å². The highest BCUT2D eigenvalue weighted by Gasteiger charge is 2.23. The van der Waals surface area contributed by atoms with Crippen molar-refractivity contribution in [1.82, 2.24) is 19.9 Å². The summed E-state index contributed by atoms with van der Waals surface area (Å²) in [4.78, 5) is 29.8. The van der Waals surface area contributed by atoms with Crippen molar-refractivity contribution < 1.29 is 4.79 Å². The van der Waals surface area contributed by atoms with Gasteiger partial charge in [-0.1, -0.05) is 30.3 Å². The Hall–Kier alpha value is -2.80. The second-order valence-electron chi connectivity index (χ2n) is 6.10. The molecule has 7 heteroatoms. The smallest absolute Gasteiger partial charge is 0.228 e. The Morgan fingerprint density at radius 2 is 1.73 bits per heavy atom. The third-order valence-electron chi connectivity index (χ3n) is 4.37. The van der Waals surface area contributed by atoms with Gasteiger partial charge in [0.05, 0.1) is 12.1 Å². The molecule has 1 fully saturated rings. The molecular formula is C19H19N5OS. The molecule has 132 valence electrons. The van der Waals surface area contributed by atoms with E-state index in [2.05, 4.69) is 19.9 Å². The average molecular weight is 365 g/mol. The normalized spacial score (nSPS) is 14.5. The highest BCUT2D eigenvalue weighted by molar-refractivity contribution is 7.13. The molecule has 6 nitrogen and oxygen atoms in total. The van der Waals surface area contributed by atoms with E-state index in [1.165, 1.54) is 0 Å². The van der Waals surface area contributed by atoms with Gasteiger partial charge in [0.2, 0.25) is 11.9 Å². The van der Waals surface area contributed by atoms with Crippen LogP contribution in [0.2, 0.25) is 0 Å². The highest BCUT2D eigenvalue weighted by Crippen LogP contribution is 2.23. The van der Waals surface area contributed by atoms with Gasteiger partial charge in [-0.15, -0.1) is 11.3 Å². The van der Waals surface area contributed by atoms with Crippen molar-refractivity contribution in [3.8, 4) is 10.6 Å². The summed E-state index contributed by atoms with van der Waals surface area (Å²) in [6.45, 7) is 2.88. The average Bonchev–Trinajstić information content (AvgIpc) is 3.18. The molecule has 1 amide bonds. The quantitative estimate of drug-likeness (QED) is 0.711. The summed E-state index contributed by atoms with van der Waals surface area (Å²) in [5, 5.41) is 2.94. The first-order chi connectivity index (χ1) is 12.8. The van der Waals surface area contributed by atoms with E-state index in [0.717, 1.165) is 35.3 Å². The van der Waals surface area contributed by atoms with Crippen LogP contribution in [0.5, 0.6) is 0 Å². The Bertz CT molecular complexity index is 860. The van der Waals surface area contributed by atoms with Gasteiger partial charge in [0.25, 0.3) is 0 Å². The molecule has 0 unspecified atom stereocenters. The third-order valence-corrected chi connectivity index (χ3v) is 5.31. The summed E-state index contributed by atoms with van der Waals surface area (Å²) < 4.78 is 0. The number of aromatic nitrogens is 3. The van der Waals surface area contributed by atoms with Crippen LogP contribution in [0.3, 0.4) is 0 Å². The van der Waals surface area contributed by atoms with Crippen LogP contribution in [0, 0.1) is 0 Å². The first-order valence-corrected chi connectivity index (χ1v) is 9.47. The number of carbonyl (C=O) groups is 1. The Morgan fingerprint density at radius 1 is 1.00 bits per heavy atom. The topological polar surface area (TPSA) is 62.2 Å². The molecule has 0 radical (unpaired) electrons. The number of anilines is 1. The minimum atomic E-state index is 0.128. The number of piperazine rings is 1. The summed E-state index contributed by atoms with van der Waals surface area (Å²) in [5.41, 5.74) is 1.93. The predicted molar refractivity (Wildman–Crippen MR) is 102 cm³/mol. The van der Waals surface area contributed by atoms with Crippen molar-refractivity contribution in [2.75, 3.05) is 31.1 Å². The van der Waals surface area contributed by atoms with Crippen LogP contribution < -0.4 is 4.90 Å². The van der Waals surface area contributed by atoms with Crippen LogP contribution in [-0.4, -0.2) is 51.9 Å². The van der Waals surface area contributed by atoms with Gasteiger partial charge in [0.15, 0.2) is 0 Å². The van der Waals surface area contributed by atoms with Gasteiger partial charge in [0.1, 0.15) is 5.01 Å². The number of nitrogens with zero attached hydrogens (tertiary/aromatic N) is 5. The van der Waals surface area contributed by atoms with Crippen molar-refractivity contribution in [3.63, 3.8) is 0 Å². The number of hydrogen-bond acceptors (Lipinski definition) is 6. The summed E-state index contributed by atoms with van der Waals surface area (Å²) in [6, 6.07) is 11.9. The highest BCUT2D eigenvalue weighted by atomic mass is 32.1. The molecule has 0 N–H and O–H groups in total. The molecule has 1 aromatic carbocycles. The third kappa shape index (κ3) is 3.72. The zero-order valence-electron chi connectivity index (χ0n) is 14.3. The predicted octanol–water partition coefficient (Wildman–Crippen LogP) is 2.49. The monoisotopic (exact) mass is 365 g/mol. The van der Waals surface area contributed by atoms with Crippen molar-refractivity contribution in [3.05, 3.63) is 59.9 Å². The van der Waals surface area contributed by atoms with Crippen LogP contribution in [0.15, 0.2) is 54.2 Å². The fourth-order valence-corrected chi connectivity index (χ4v) is 3.80. The molecule has 1 aliphatic rings. The molecule has 3 aromatic rings. The second-order valence-corrected chi connectivity index (χ2v) is 6.96. The van der Waals surface area contributed by atoms with E-state index in [-0.39, 0.29) is 5.91 Å². The van der Waals surface area contributed by atoms with E-state index in [9.17, 15) is 4.79 Å². The van der Waals surface area contributed by atoms with Gasteiger partial charge in [-0.05, 0) is 6.07 Å². The van der Waals surface area contributed by atoms with E-state index in [1.807, 2.05) is 40.6 Å². The number of benzene rings is 1. The van der Waals surface area contributed by atoms with E-state index in [1.54, 1.807) is 29.8 Å². The second kappa shape index (κ2) is 7.61. The first-order valence-electron chi connectivity index (χ1n) is 8.59. The summed E-state index contributed by atoms with van der Waals surface area (Å²) in [5.74, 6) is 0.857. The van der Waals surface area contributed by atoms with Gasteiger partial charge >= 0.3 is 0 Å². The van der Waals surface area contributed by atoms with Crippen LogP contribution in [0.1, 0.15) is 5.69 Å². The molecule has 0 atom stereocenters. The molecule has 26 heavy (non-hydrogen) atoms. The maximum Gasteiger partial charge on any atom is 0.228 e. The number of hydrogen-bond donors (Lipinski definition) is 0. The molecule has 1 saturated heterocycles. The Labute approximate surface area is 156 Å². The fourth-order valence-electron chi connectivity index (χ4n) is 2.98. The maximum atomic E-state index is 12.6. The van der Waals surface area contributed by atoms with Crippen LogP contribution in [0.25, 0.3) is 10.6 Å². The number of carbonyl (C=O) groups excluding carboxylic acids is 1. The molecule has 3 heterocycles. The lowest BCUT2D eigenvalue weighted by Gasteiger charge is -2.34. The van der Waals surface area contributed by atoms with E-state index < -0.39 is 0 Å². The molecule has 2 aromatic heterocycles. The minimum Gasteiger partial charge on any atom is -0.339 e. The molecular weight excluding hydrogens is 346 g/mol. The Balaban J connectivity index is 1.34. The SMILES string of the molecule is O=C(Cc1csc(-c2ccccc2)n1)N1CCN(c2ncccn2)CC1. The Morgan fingerprint density at radius 3 is 2.46 bits per heavy atom. The number of thiazole rings is 1. The van der Waals surface area contributed by atoms with Crippen LogP contribution in [-0.2, 0) is 11.2 Å². The lowest BCUT2D eigenvalue weighted by Crippen LogP contribution is -2.49. The van der Waals surface area contributed by atoms with Crippen molar-refractivity contribution >= 4 is 23.2 Å². The molecule has 0 spiro atoms. The van der Waals surface area contributed by atoms with Crippen LogP contribution in [0.4, 0.5) is 5.95 Å². The minimum absolute atomic E-state index is 0.128. The van der Waals surface area contributed by atoms with Crippen molar-refractivity contribution in [2.24, 2.45) is 0 Å². The van der Waals surface area contributed by atoms with Gasteiger partial charge in [0, 0.05) is 49.5 Å². The molecule has 0 saturated carbocycles. The standard InChI is InChI=1S/C19H19N5OS/c25-17(13-16-14-26-18(22-16)15-5-2-1-3-6-15)23-9-11-24(12-10-23)19-20-7-4-8-21-19/h1-8,14H,9-13H2. The zero-order chi connectivity index (χ0) is 17.8. The lowest BCUT2D eigenvalue weighted by molar-refractivity contribution is -0.130. The largest absolute Gasteiger partial charge is 0.339 e. The summed E-state index contributed by atoms with van der Waals surface area (Å²) >= 11 is 1.58. The van der Waals surface area contributed by atoms with E-state index in [0.29, 0.717) is 19.5 Å². The van der Waals surface area contributed by atoms with Crippen LogP contribution >= 0.6 is 11.3 Å². The van der Waals surface area contributed by atoms with Gasteiger partial charge in [-0.3, -0.25) is 4.79 Å². The Kier molecular flexibility index (Phi) is 4.88.